The van der Waals surface area contributed by atoms with Gasteiger partial charge in [-0.25, -0.2) is 4.79 Å². The maximum Gasteiger partial charge on any atom is 0.336 e. The molecular weight excluding hydrogens is 274 g/mol. The molecule has 0 aliphatic carbocycles. The standard InChI is InChI=1S/C15H13NO5/c1-15(2)14(18)9(7-16-19)12-10(21-15)5-3-8-4-6-11(17)20-13(8)12/h3-7,9,19H,1-2H3/t9-/m0/s1. The summed E-state index contributed by atoms with van der Waals surface area (Å²) >= 11 is 0. The van der Waals surface area contributed by atoms with E-state index in [9.17, 15) is 9.59 Å². The van der Waals surface area contributed by atoms with Crippen LogP contribution in [0.1, 0.15) is 25.3 Å². The van der Waals surface area contributed by atoms with E-state index in [-0.39, 0.29) is 11.4 Å². The minimum Gasteiger partial charge on any atom is -0.480 e. The summed E-state index contributed by atoms with van der Waals surface area (Å²) < 4.78 is 10.9. The van der Waals surface area contributed by atoms with E-state index in [0.717, 1.165) is 6.21 Å². The highest BCUT2D eigenvalue weighted by atomic mass is 16.5. The fraction of sp³-hybridized carbons (Fsp3) is 0.267. The van der Waals surface area contributed by atoms with Crippen LogP contribution in [0, 0.1) is 0 Å². The van der Waals surface area contributed by atoms with E-state index in [2.05, 4.69) is 5.16 Å². The lowest BCUT2D eigenvalue weighted by Gasteiger charge is -2.34. The van der Waals surface area contributed by atoms with Crippen molar-refractivity contribution in [2.75, 3.05) is 0 Å². The Kier molecular flexibility index (Phi) is 2.83. The van der Waals surface area contributed by atoms with Crippen molar-refractivity contribution in [2.24, 2.45) is 5.16 Å². The number of carbonyl (C=O) groups is 1. The normalized spacial score (nSPS) is 20.5. The van der Waals surface area contributed by atoms with Gasteiger partial charge in [-0.05, 0) is 32.0 Å². The van der Waals surface area contributed by atoms with Crippen molar-refractivity contribution >= 4 is 23.0 Å². The first-order valence-corrected chi connectivity index (χ1v) is 6.41. The van der Waals surface area contributed by atoms with E-state index < -0.39 is 17.1 Å². The van der Waals surface area contributed by atoms with E-state index in [0.29, 0.717) is 16.7 Å². The van der Waals surface area contributed by atoms with Crippen LogP contribution in [0.15, 0.2) is 38.6 Å². The van der Waals surface area contributed by atoms with Crippen LogP contribution in [0.25, 0.3) is 11.0 Å². The maximum absolute atomic E-state index is 12.5. The SMILES string of the molecule is CC1(C)Oc2ccc3ccc(=O)oc3c2[C@H](C=NO)C1=O. The van der Waals surface area contributed by atoms with Crippen molar-refractivity contribution in [3.8, 4) is 5.75 Å². The lowest BCUT2D eigenvalue weighted by atomic mass is 9.83. The van der Waals surface area contributed by atoms with Crippen LogP contribution in [0.3, 0.4) is 0 Å². The van der Waals surface area contributed by atoms with Crippen molar-refractivity contribution in [3.05, 3.63) is 40.2 Å². The molecule has 1 aliphatic heterocycles. The average molecular weight is 287 g/mol. The van der Waals surface area contributed by atoms with E-state index >= 15 is 0 Å². The molecule has 108 valence electrons. The average Bonchev–Trinajstić information content (AvgIpc) is 2.43. The number of ketones is 1. The predicted molar refractivity (Wildman–Crippen MR) is 75.2 cm³/mol. The molecule has 2 heterocycles. The van der Waals surface area contributed by atoms with Gasteiger partial charge in [0, 0.05) is 11.5 Å². The molecule has 3 rings (SSSR count). The second-order valence-electron chi connectivity index (χ2n) is 5.37. The van der Waals surface area contributed by atoms with Crippen molar-refractivity contribution in [2.45, 2.75) is 25.4 Å². The lowest BCUT2D eigenvalue weighted by molar-refractivity contribution is -0.133. The van der Waals surface area contributed by atoms with Gasteiger partial charge in [0.2, 0.25) is 0 Å². The lowest BCUT2D eigenvalue weighted by Crippen LogP contribution is -2.45. The zero-order valence-electron chi connectivity index (χ0n) is 11.5. The van der Waals surface area contributed by atoms with E-state index in [1.807, 2.05) is 0 Å². The number of benzene rings is 1. The highest BCUT2D eigenvalue weighted by Crippen LogP contribution is 2.41. The third-order valence-corrected chi connectivity index (χ3v) is 3.56. The molecule has 6 nitrogen and oxygen atoms in total. The minimum absolute atomic E-state index is 0.271. The Balaban J connectivity index is 2.38. The largest absolute Gasteiger partial charge is 0.480 e. The summed E-state index contributed by atoms with van der Waals surface area (Å²) in [6.07, 6.45) is 1.12. The Morgan fingerprint density at radius 2 is 1.95 bits per heavy atom. The number of Topliss-reactive ketones (excluding diaryl/α,β-unsaturated/α-hetero) is 1. The summed E-state index contributed by atoms with van der Waals surface area (Å²) in [6.45, 7) is 3.28. The van der Waals surface area contributed by atoms with Gasteiger partial charge >= 0.3 is 5.63 Å². The summed E-state index contributed by atoms with van der Waals surface area (Å²) in [7, 11) is 0. The second-order valence-corrected chi connectivity index (χ2v) is 5.37. The van der Waals surface area contributed by atoms with E-state index in [1.165, 1.54) is 6.07 Å². The van der Waals surface area contributed by atoms with Crippen molar-refractivity contribution in [3.63, 3.8) is 0 Å². The molecule has 0 amide bonds. The molecule has 6 heteroatoms. The quantitative estimate of drug-likeness (QED) is 0.375. The van der Waals surface area contributed by atoms with Gasteiger partial charge in [-0.15, -0.1) is 5.16 Å². The molecule has 1 aromatic carbocycles. The molecule has 0 spiro atoms. The first kappa shape index (κ1) is 13.4. The Morgan fingerprint density at radius 1 is 1.24 bits per heavy atom. The van der Waals surface area contributed by atoms with Crippen LogP contribution >= 0.6 is 0 Å². The molecule has 1 aliphatic rings. The number of ether oxygens (including phenoxy) is 1. The third-order valence-electron chi connectivity index (χ3n) is 3.56. The van der Waals surface area contributed by atoms with Crippen LogP contribution in [0.5, 0.6) is 5.75 Å². The number of oxime groups is 1. The van der Waals surface area contributed by atoms with Crippen molar-refractivity contribution in [1.82, 2.24) is 0 Å². The molecule has 1 aromatic heterocycles. The molecule has 1 atom stereocenters. The number of hydrogen-bond acceptors (Lipinski definition) is 6. The first-order valence-electron chi connectivity index (χ1n) is 6.41. The van der Waals surface area contributed by atoms with Gasteiger partial charge in [-0.1, -0.05) is 0 Å². The molecule has 2 aromatic rings. The number of rotatable bonds is 1. The van der Waals surface area contributed by atoms with Gasteiger partial charge in [0.1, 0.15) is 11.3 Å². The molecule has 0 saturated heterocycles. The Bertz CT molecular complexity index is 818. The molecule has 0 unspecified atom stereocenters. The first-order chi connectivity index (χ1) is 9.94. The molecule has 0 radical (unpaired) electrons. The predicted octanol–water partition coefficient (Wildman–Crippen LogP) is 2.08. The number of fused-ring (bicyclic) bond motifs is 3. The molecule has 0 saturated carbocycles. The minimum atomic E-state index is -1.05. The van der Waals surface area contributed by atoms with Crippen LogP contribution in [0.2, 0.25) is 0 Å². The van der Waals surface area contributed by atoms with E-state index in [1.54, 1.807) is 32.0 Å². The molecule has 0 fully saturated rings. The number of carbonyl (C=O) groups excluding carboxylic acids is 1. The van der Waals surface area contributed by atoms with Crippen molar-refractivity contribution in [1.29, 1.82) is 0 Å². The fourth-order valence-corrected chi connectivity index (χ4v) is 2.56. The summed E-state index contributed by atoms with van der Waals surface area (Å²) in [5.41, 5.74) is -0.893. The summed E-state index contributed by atoms with van der Waals surface area (Å²) in [5.74, 6) is -0.666. The van der Waals surface area contributed by atoms with Crippen molar-refractivity contribution < 1.29 is 19.2 Å². The van der Waals surface area contributed by atoms with Gasteiger partial charge in [-0.3, -0.25) is 4.79 Å². The highest BCUT2D eigenvalue weighted by Gasteiger charge is 2.43. The monoisotopic (exact) mass is 287 g/mol. The Hall–Kier alpha value is -2.63. The third kappa shape index (κ3) is 1.99. The molecule has 21 heavy (non-hydrogen) atoms. The second kappa shape index (κ2) is 4.44. The van der Waals surface area contributed by atoms with Gasteiger partial charge < -0.3 is 14.4 Å². The van der Waals surface area contributed by atoms with Crippen LogP contribution in [-0.4, -0.2) is 22.8 Å². The summed E-state index contributed by atoms with van der Waals surface area (Å²) in [4.78, 5) is 23.9. The summed E-state index contributed by atoms with van der Waals surface area (Å²) in [6, 6.07) is 6.37. The number of nitrogens with zero attached hydrogens (tertiary/aromatic N) is 1. The smallest absolute Gasteiger partial charge is 0.336 e. The van der Waals surface area contributed by atoms with Crippen LogP contribution < -0.4 is 10.4 Å². The maximum atomic E-state index is 12.5. The zero-order chi connectivity index (χ0) is 15.2. The van der Waals surface area contributed by atoms with Gasteiger partial charge in [0.25, 0.3) is 0 Å². The highest BCUT2D eigenvalue weighted by molar-refractivity contribution is 6.09. The fourth-order valence-electron chi connectivity index (χ4n) is 2.56. The van der Waals surface area contributed by atoms with Gasteiger partial charge in [0.15, 0.2) is 11.4 Å². The van der Waals surface area contributed by atoms with Gasteiger partial charge in [0.05, 0.1) is 17.7 Å². The topological polar surface area (TPSA) is 89.1 Å². The Morgan fingerprint density at radius 3 is 2.67 bits per heavy atom. The van der Waals surface area contributed by atoms with Crippen LogP contribution in [-0.2, 0) is 4.79 Å². The molecular formula is C15H13NO5. The van der Waals surface area contributed by atoms with E-state index in [4.69, 9.17) is 14.4 Å². The molecule has 0 bridgehead atoms. The molecule has 1 N–H and O–H groups in total. The zero-order valence-corrected chi connectivity index (χ0v) is 11.5. The van der Waals surface area contributed by atoms with Crippen LogP contribution in [0.4, 0.5) is 0 Å². The number of hydrogen-bond donors (Lipinski definition) is 1. The Labute approximate surface area is 119 Å². The summed E-state index contributed by atoms with van der Waals surface area (Å²) in [5, 5.41) is 12.5. The van der Waals surface area contributed by atoms with Gasteiger partial charge in [-0.2, -0.15) is 0 Å².